The third kappa shape index (κ3) is 3.03. The lowest BCUT2D eigenvalue weighted by Gasteiger charge is -2.34. The second-order valence-electron chi connectivity index (χ2n) is 4.20. The number of nitrogens with zero attached hydrogens (tertiary/aromatic N) is 2. The van der Waals surface area contributed by atoms with Gasteiger partial charge in [-0.2, -0.15) is 0 Å². The summed E-state index contributed by atoms with van der Waals surface area (Å²) in [5.41, 5.74) is 0.287. The second kappa shape index (κ2) is 6.39. The number of carbonyl (C=O) groups excluding carboxylic acids is 2. The van der Waals surface area contributed by atoms with Crippen LogP contribution in [0.4, 0.5) is 0 Å². The van der Waals surface area contributed by atoms with Crippen LogP contribution in [0, 0.1) is 0 Å². The first kappa shape index (κ1) is 15.0. The van der Waals surface area contributed by atoms with Gasteiger partial charge in [0.15, 0.2) is 0 Å². The number of hydrogen-bond acceptors (Lipinski definition) is 4. The molecule has 2 rings (SSSR count). The first-order chi connectivity index (χ1) is 9.54. The Bertz CT molecular complexity index is 539. The van der Waals surface area contributed by atoms with Gasteiger partial charge in [0.05, 0.1) is 23.8 Å². The van der Waals surface area contributed by atoms with E-state index in [0.717, 1.165) is 0 Å². The quantitative estimate of drug-likeness (QED) is 0.825. The number of morpholine rings is 1. The molecule has 1 aromatic rings. The number of nitrogens with one attached hydrogen (secondary N) is 1. The van der Waals surface area contributed by atoms with E-state index in [1.54, 1.807) is 0 Å². The van der Waals surface area contributed by atoms with E-state index in [-0.39, 0.29) is 34.2 Å². The summed E-state index contributed by atoms with van der Waals surface area (Å²) in [5.74, 6) is -0.598. The van der Waals surface area contributed by atoms with E-state index in [1.807, 2.05) is 0 Å². The molecule has 2 amide bonds. The van der Waals surface area contributed by atoms with Gasteiger partial charge in [-0.25, -0.2) is 4.98 Å². The summed E-state index contributed by atoms with van der Waals surface area (Å²) in [6.07, 6.45) is 1.34. The molecular formula is C12H13Cl2N3O3. The Hall–Kier alpha value is -1.37. The third-order valence-corrected chi connectivity index (χ3v) is 3.67. The maximum absolute atomic E-state index is 12.4. The van der Waals surface area contributed by atoms with E-state index in [9.17, 15) is 9.59 Å². The van der Waals surface area contributed by atoms with Crippen molar-refractivity contribution in [2.75, 3.05) is 26.8 Å². The van der Waals surface area contributed by atoms with Crippen LogP contribution >= 0.6 is 23.2 Å². The van der Waals surface area contributed by atoms with Crippen molar-refractivity contribution in [2.45, 2.75) is 6.04 Å². The lowest BCUT2D eigenvalue weighted by Crippen LogP contribution is -2.55. The first-order valence-electron chi connectivity index (χ1n) is 5.96. The van der Waals surface area contributed by atoms with Crippen molar-refractivity contribution in [1.82, 2.24) is 15.2 Å². The average molecular weight is 318 g/mol. The Morgan fingerprint density at radius 2 is 2.25 bits per heavy atom. The molecule has 1 saturated heterocycles. The van der Waals surface area contributed by atoms with Crippen molar-refractivity contribution >= 4 is 35.0 Å². The summed E-state index contributed by atoms with van der Waals surface area (Å²) in [5, 5.41) is 2.84. The molecule has 0 spiro atoms. The molecule has 1 aromatic heterocycles. The Morgan fingerprint density at radius 3 is 2.90 bits per heavy atom. The molecule has 0 aromatic carbocycles. The van der Waals surface area contributed by atoms with E-state index in [2.05, 4.69) is 10.3 Å². The van der Waals surface area contributed by atoms with E-state index in [0.29, 0.717) is 13.2 Å². The summed E-state index contributed by atoms with van der Waals surface area (Å²) in [4.78, 5) is 29.5. The molecule has 1 aliphatic heterocycles. The van der Waals surface area contributed by atoms with E-state index in [1.165, 1.54) is 24.2 Å². The summed E-state index contributed by atoms with van der Waals surface area (Å²) < 4.78 is 5.25. The number of hydrogen-bond donors (Lipinski definition) is 1. The Balaban J connectivity index is 2.25. The molecule has 108 valence electrons. The van der Waals surface area contributed by atoms with Crippen LogP contribution in [0.25, 0.3) is 0 Å². The van der Waals surface area contributed by atoms with Gasteiger partial charge in [-0.3, -0.25) is 9.59 Å². The summed E-state index contributed by atoms with van der Waals surface area (Å²) >= 11 is 11.6. The monoisotopic (exact) mass is 317 g/mol. The predicted molar refractivity (Wildman–Crippen MR) is 74.0 cm³/mol. The molecule has 0 saturated carbocycles. The first-order valence-corrected chi connectivity index (χ1v) is 6.71. The minimum absolute atomic E-state index is 0.132. The molecular weight excluding hydrogens is 305 g/mol. The van der Waals surface area contributed by atoms with Crippen molar-refractivity contribution in [1.29, 1.82) is 0 Å². The topological polar surface area (TPSA) is 71.5 Å². The van der Waals surface area contributed by atoms with Gasteiger partial charge in [0.2, 0.25) is 5.91 Å². The summed E-state index contributed by atoms with van der Waals surface area (Å²) in [6.45, 7) is 0.880. The molecule has 1 unspecified atom stereocenters. The maximum Gasteiger partial charge on any atom is 0.256 e. The molecule has 1 atom stereocenters. The molecule has 6 nitrogen and oxygen atoms in total. The highest BCUT2D eigenvalue weighted by Crippen LogP contribution is 2.21. The zero-order valence-electron chi connectivity index (χ0n) is 10.7. The van der Waals surface area contributed by atoms with Gasteiger partial charge in [0, 0.05) is 19.8 Å². The smallest absolute Gasteiger partial charge is 0.256 e. The molecule has 1 aliphatic rings. The SMILES string of the molecule is CNC(=O)C1COCCN1C(=O)c1cnc(Cl)c(Cl)c1. The number of amides is 2. The normalized spacial score (nSPS) is 18.8. The van der Waals surface area contributed by atoms with Crippen molar-refractivity contribution in [3.63, 3.8) is 0 Å². The van der Waals surface area contributed by atoms with Crippen LogP contribution in [-0.2, 0) is 9.53 Å². The van der Waals surface area contributed by atoms with E-state index < -0.39 is 6.04 Å². The van der Waals surface area contributed by atoms with Gasteiger partial charge in [-0.1, -0.05) is 23.2 Å². The van der Waals surface area contributed by atoms with Crippen LogP contribution in [-0.4, -0.2) is 54.5 Å². The van der Waals surface area contributed by atoms with Gasteiger partial charge in [0.1, 0.15) is 11.2 Å². The fourth-order valence-corrected chi connectivity index (χ4v) is 2.20. The summed E-state index contributed by atoms with van der Waals surface area (Å²) in [7, 11) is 1.51. The number of pyridine rings is 1. The molecule has 0 bridgehead atoms. The van der Waals surface area contributed by atoms with Crippen LogP contribution in [0.1, 0.15) is 10.4 Å². The van der Waals surface area contributed by atoms with E-state index in [4.69, 9.17) is 27.9 Å². The predicted octanol–water partition coefficient (Wildman–Crippen LogP) is 0.975. The van der Waals surface area contributed by atoms with Crippen LogP contribution < -0.4 is 5.32 Å². The van der Waals surface area contributed by atoms with Gasteiger partial charge in [-0.05, 0) is 6.07 Å². The fourth-order valence-electron chi connectivity index (χ4n) is 1.93. The van der Waals surface area contributed by atoms with Crippen molar-refractivity contribution in [2.24, 2.45) is 0 Å². The summed E-state index contributed by atoms with van der Waals surface area (Å²) in [6, 6.07) is 0.783. The van der Waals surface area contributed by atoms with Gasteiger partial charge in [0.25, 0.3) is 5.91 Å². The lowest BCUT2D eigenvalue weighted by atomic mass is 10.1. The molecule has 2 heterocycles. The number of carbonyl (C=O) groups is 2. The Kier molecular flexibility index (Phi) is 4.80. The zero-order chi connectivity index (χ0) is 14.7. The van der Waals surface area contributed by atoms with Crippen LogP contribution in [0.2, 0.25) is 10.2 Å². The largest absolute Gasteiger partial charge is 0.377 e. The van der Waals surface area contributed by atoms with Crippen LogP contribution in [0.3, 0.4) is 0 Å². The minimum atomic E-state index is -0.657. The molecule has 1 fully saturated rings. The van der Waals surface area contributed by atoms with Gasteiger partial charge in [-0.15, -0.1) is 0 Å². The van der Waals surface area contributed by atoms with Gasteiger partial charge < -0.3 is 15.0 Å². The van der Waals surface area contributed by atoms with Crippen molar-refractivity contribution in [3.05, 3.63) is 28.0 Å². The Labute approximate surface area is 126 Å². The highest BCUT2D eigenvalue weighted by Gasteiger charge is 2.33. The maximum atomic E-state index is 12.4. The molecule has 0 aliphatic carbocycles. The number of halogens is 2. The van der Waals surface area contributed by atoms with Crippen molar-refractivity contribution in [3.8, 4) is 0 Å². The standard InChI is InChI=1S/C12H13Cl2N3O3/c1-15-11(18)9-6-20-3-2-17(9)12(19)7-4-8(13)10(14)16-5-7/h4-5,9H,2-3,6H2,1H3,(H,15,18). The number of rotatable bonds is 2. The number of aromatic nitrogens is 1. The second-order valence-corrected chi connectivity index (χ2v) is 4.97. The minimum Gasteiger partial charge on any atom is -0.377 e. The number of ether oxygens (including phenoxy) is 1. The van der Waals surface area contributed by atoms with E-state index >= 15 is 0 Å². The Morgan fingerprint density at radius 1 is 1.50 bits per heavy atom. The fraction of sp³-hybridized carbons (Fsp3) is 0.417. The molecule has 20 heavy (non-hydrogen) atoms. The third-order valence-electron chi connectivity index (χ3n) is 2.98. The van der Waals surface area contributed by atoms with Crippen LogP contribution in [0.5, 0.6) is 0 Å². The zero-order valence-corrected chi connectivity index (χ0v) is 12.2. The lowest BCUT2D eigenvalue weighted by molar-refractivity contribution is -0.130. The molecule has 8 heteroatoms. The highest BCUT2D eigenvalue weighted by atomic mass is 35.5. The average Bonchev–Trinajstić information content (AvgIpc) is 2.48. The highest BCUT2D eigenvalue weighted by molar-refractivity contribution is 6.41. The van der Waals surface area contributed by atoms with Gasteiger partial charge >= 0.3 is 0 Å². The van der Waals surface area contributed by atoms with Crippen molar-refractivity contribution < 1.29 is 14.3 Å². The molecule has 0 radical (unpaired) electrons. The molecule has 1 N–H and O–H groups in total. The number of likely N-dealkylation sites (N-methyl/N-ethyl adjacent to an activating group) is 1. The van der Waals surface area contributed by atoms with Crippen LogP contribution in [0.15, 0.2) is 12.3 Å².